The largest absolute Gasteiger partial charge is 0.497 e. The third kappa shape index (κ3) is 3.57. The number of amides is 2. The number of nitrogens with one attached hydrogen (secondary N) is 1. The first kappa shape index (κ1) is 20.6. The van der Waals surface area contributed by atoms with Gasteiger partial charge in [0.05, 0.1) is 18.4 Å². The Morgan fingerprint density at radius 1 is 0.909 bits per heavy atom. The number of ether oxygens (including phenoxy) is 3. The van der Waals surface area contributed by atoms with Crippen molar-refractivity contribution in [3.63, 3.8) is 0 Å². The van der Waals surface area contributed by atoms with Crippen molar-refractivity contribution in [2.24, 2.45) is 0 Å². The molecule has 0 spiro atoms. The van der Waals surface area contributed by atoms with Gasteiger partial charge in [0, 0.05) is 17.8 Å². The molecule has 0 fully saturated rings. The lowest BCUT2D eigenvalue weighted by Gasteiger charge is -2.16. The molecule has 0 saturated carbocycles. The van der Waals surface area contributed by atoms with Crippen LogP contribution in [0.4, 0.5) is 11.4 Å². The summed E-state index contributed by atoms with van der Waals surface area (Å²) in [6, 6.07) is 18.0. The number of aryl methyl sites for hydroxylation is 2. The molecule has 3 aromatic carbocycles. The summed E-state index contributed by atoms with van der Waals surface area (Å²) in [7, 11) is 1.54. The number of hydrogen-bond donors (Lipinski definition) is 1. The second-order valence-corrected chi connectivity index (χ2v) is 7.91. The first-order chi connectivity index (χ1) is 16.0. The van der Waals surface area contributed by atoms with E-state index in [0.29, 0.717) is 39.8 Å². The minimum atomic E-state index is -0.444. The highest BCUT2D eigenvalue weighted by Gasteiger charge is 2.41. The van der Waals surface area contributed by atoms with Crippen LogP contribution in [-0.4, -0.2) is 25.7 Å². The zero-order valence-corrected chi connectivity index (χ0v) is 18.5. The van der Waals surface area contributed by atoms with Crippen molar-refractivity contribution in [3.8, 4) is 17.2 Å². The standard InChI is InChI=1S/C26H22N2O5/c1-15-7-9-20(16(2)11-15)23-24(27-17-8-10-21-22(12-17)33-14-32-21)26(30)28(25(23)29)18-5-4-6-19(13-18)31-3/h4-13,27H,14H2,1-3H3. The molecule has 166 valence electrons. The maximum atomic E-state index is 13.7. The molecule has 0 aliphatic carbocycles. The van der Waals surface area contributed by atoms with Crippen molar-refractivity contribution in [2.45, 2.75) is 13.8 Å². The van der Waals surface area contributed by atoms with Crippen LogP contribution in [0.15, 0.2) is 66.4 Å². The number of hydrogen-bond acceptors (Lipinski definition) is 6. The molecule has 2 aliphatic heterocycles. The highest BCUT2D eigenvalue weighted by molar-refractivity contribution is 6.46. The third-order valence-corrected chi connectivity index (χ3v) is 5.69. The Labute approximate surface area is 191 Å². The Hall–Kier alpha value is -4.26. The molecule has 0 radical (unpaired) electrons. The van der Waals surface area contributed by atoms with Gasteiger partial charge in [0.2, 0.25) is 6.79 Å². The zero-order chi connectivity index (χ0) is 23.1. The predicted molar refractivity (Wildman–Crippen MR) is 125 cm³/mol. The van der Waals surface area contributed by atoms with E-state index >= 15 is 0 Å². The first-order valence-corrected chi connectivity index (χ1v) is 10.5. The average molecular weight is 442 g/mol. The van der Waals surface area contributed by atoms with Crippen LogP contribution in [0.1, 0.15) is 16.7 Å². The fourth-order valence-corrected chi connectivity index (χ4v) is 4.09. The number of carbonyl (C=O) groups excluding carboxylic acids is 2. The summed E-state index contributed by atoms with van der Waals surface area (Å²) in [6.07, 6.45) is 0. The van der Waals surface area contributed by atoms with Crippen LogP contribution in [0.25, 0.3) is 5.57 Å². The van der Waals surface area contributed by atoms with Crippen molar-refractivity contribution in [3.05, 3.63) is 83.1 Å². The van der Waals surface area contributed by atoms with Crippen LogP contribution in [-0.2, 0) is 9.59 Å². The van der Waals surface area contributed by atoms with E-state index < -0.39 is 11.8 Å². The summed E-state index contributed by atoms with van der Waals surface area (Å²) in [4.78, 5) is 28.4. The van der Waals surface area contributed by atoms with E-state index in [0.717, 1.165) is 11.1 Å². The van der Waals surface area contributed by atoms with Crippen LogP contribution >= 0.6 is 0 Å². The minimum Gasteiger partial charge on any atom is -0.497 e. The van der Waals surface area contributed by atoms with E-state index in [-0.39, 0.29) is 12.5 Å². The third-order valence-electron chi connectivity index (χ3n) is 5.69. The van der Waals surface area contributed by atoms with Gasteiger partial charge in [-0.15, -0.1) is 0 Å². The SMILES string of the molecule is COc1cccc(N2C(=O)C(Nc3ccc4c(c3)OCO4)=C(c3ccc(C)cc3C)C2=O)c1. The zero-order valence-electron chi connectivity index (χ0n) is 18.5. The average Bonchev–Trinajstić information content (AvgIpc) is 3.36. The van der Waals surface area contributed by atoms with E-state index in [1.165, 1.54) is 4.90 Å². The number of methoxy groups -OCH3 is 1. The first-order valence-electron chi connectivity index (χ1n) is 10.5. The summed E-state index contributed by atoms with van der Waals surface area (Å²) < 4.78 is 16.1. The van der Waals surface area contributed by atoms with E-state index in [2.05, 4.69) is 5.32 Å². The number of fused-ring (bicyclic) bond motifs is 1. The summed E-state index contributed by atoms with van der Waals surface area (Å²) in [5, 5.41) is 3.17. The molecule has 2 amide bonds. The van der Waals surface area contributed by atoms with Crippen molar-refractivity contribution in [1.82, 2.24) is 0 Å². The lowest BCUT2D eigenvalue weighted by molar-refractivity contribution is -0.120. The van der Waals surface area contributed by atoms with Gasteiger partial charge in [0.1, 0.15) is 11.4 Å². The molecule has 33 heavy (non-hydrogen) atoms. The molecule has 0 saturated heterocycles. The quantitative estimate of drug-likeness (QED) is 0.589. The molecule has 0 unspecified atom stereocenters. The second-order valence-electron chi connectivity index (χ2n) is 7.91. The Bertz CT molecular complexity index is 1330. The lowest BCUT2D eigenvalue weighted by Crippen LogP contribution is -2.32. The van der Waals surface area contributed by atoms with Gasteiger partial charge in [-0.05, 0) is 49.2 Å². The van der Waals surface area contributed by atoms with Gasteiger partial charge in [-0.2, -0.15) is 0 Å². The molecule has 7 heteroatoms. The van der Waals surface area contributed by atoms with Crippen LogP contribution in [0.2, 0.25) is 0 Å². The second kappa shape index (κ2) is 8.02. The molecule has 2 aliphatic rings. The molecule has 1 N–H and O–H groups in total. The van der Waals surface area contributed by atoms with Crippen LogP contribution in [0.5, 0.6) is 17.2 Å². The molecule has 3 aromatic rings. The summed E-state index contributed by atoms with van der Waals surface area (Å²) in [5.41, 5.74) is 4.26. The smallest absolute Gasteiger partial charge is 0.282 e. The van der Waals surface area contributed by atoms with Crippen LogP contribution < -0.4 is 24.4 Å². The molecular formula is C26H22N2O5. The Morgan fingerprint density at radius 2 is 1.73 bits per heavy atom. The van der Waals surface area contributed by atoms with Gasteiger partial charge in [0.15, 0.2) is 11.5 Å². The molecule has 7 nitrogen and oxygen atoms in total. The maximum absolute atomic E-state index is 13.7. The Balaban J connectivity index is 1.62. The molecular weight excluding hydrogens is 420 g/mol. The van der Waals surface area contributed by atoms with Crippen molar-refractivity contribution in [2.75, 3.05) is 24.1 Å². The Morgan fingerprint density at radius 3 is 2.52 bits per heavy atom. The van der Waals surface area contributed by atoms with Gasteiger partial charge in [-0.1, -0.05) is 29.8 Å². The minimum absolute atomic E-state index is 0.149. The molecule has 5 rings (SSSR count). The normalized spacial score (nSPS) is 14.8. The molecule has 0 aromatic heterocycles. The van der Waals surface area contributed by atoms with Crippen molar-refractivity contribution in [1.29, 1.82) is 0 Å². The van der Waals surface area contributed by atoms with Crippen LogP contribution in [0, 0.1) is 13.8 Å². The maximum Gasteiger partial charge on any atom is 0.282 e. The summed E-state index contributed by atoms with van der Waals surface area (Å²) in [6.45, 7) is 4.07. The highest BCUT2D eigenvalue weighted by atomic mass is 16.7. The van der Waals surface area contributed by atoms with Crippen molar-refractivity contribution >= 4 is 28.8 Å². The van der Waals surface area contributed by atoms with Gasteiger partial charge in [0.25, 0.3) is 11.8 Å². The highest BCUT2D eigenvalue weighted by Crippen LogP contribution is 2.38. The van der Waals surface area contributed by atoms with E-state index in [4.69, 9.17) is 14.2 Å². The van der Waals surface area contributed by atoms with Gasteiger partial charge >= 0.3 is 0 Å². The van der Waals surface area contributed by atoms with E-state index in [1.54, 1.807) is 49.6 Å². The number of rotatable bonds is 5. The molecule has 2 heterocycles. The summed E-state index contributed by atoms with van der Waals surface area (Å²) in [5.74, 6) is 0.925. The number of nitrogens with zero attached hydrogens (tertiary/aromatic N) is 1. The number of carbonyl (C=O) groups is 2. The fraction of sp³-hybridized carbons (Fsp3) is 0.154. The number of imide groups is 1. The van der Waals surface area contributed by atoms with E-state index in [9.17, 15) is 9.59 Å². The van der Waals surface area contributed by atoms with Gasteiger partial charge in [-0.25, -0.2) is 4.90 Å². The van der Waals surface area contributed by atoms with Crippen LogP contribution in [0.3, 0.4) is 0 Å². The fourth-order valence-electron chi connectivity index (χ4n) is 4.09. The number of benzene rings is 3. The summed E-state index contributed by atoms with van der Waals surface area (Å²) >= 11 is 0. The Kier molecular flexibility index (Phi) is 5.01. The number of anilines is 2. The molecule has 0 atom stereocenters. The topological polar surface area (TPSA) is 77.1 Å². The van der Waals surface area contributed by atoms with Crippen molar-refractivity contribution < 1.29 is 23.8 Å². The monoisotopic (exact) mass is 442 g/mol. The lowest BCUT2D eigenvalue weighted by atomic mass is 9.97. The van der Waals surface area contributed by atoms with Gasteiger partial charge < -0.3 is 19.5 Å². The van der Waals surface area contributed by atoms with Gasteiger partial charge in [-0.3, -0.25) is 9.59 Å². The predicted octanol–water partition coefficient (Wildman–Crippen LogP) is 4.44. The molecule has 0 bridgehead atoms. The van der Waals surface area contributed by atoms with E-state index in [1.807, 2.05) is 32.0 Å².